The van der Waals surface area contributed by atoms with Gasteiger partial charge in [-0.2, -0.15) is 0 Å². The van der Waals surface area contributed by atoms with Gasteiger partial charge in [0.1, 0.15) is 12.2 Å². The molecule has 0 amide bonds. The lowest BCUT2D eigenvalue weighted by Crippen LogP contribution is -2.37. The molecule has 0 spiro atoms. The van der Waals surface area contributed by atoms with E-state index >= 15 is 0 Å². The predicted octanol–water partition coefficient (Wildman–Crippen LogP) is 0.930. The minimum absolute atomic E-state index is 0.0537. The fourth-order valence-corrected chi connectivity index (χ4v) is 1.68. The Bertz CT molecular complexity index is 192. The molecule has 0 bridgehead atoms. The van der Waals surface area contributed by atoms with Crippen LogP contribution >= 0.6 is 31.9 Å². The summed E-state index contributed by atoms with van der Waals surface area (Å²) in [7, 11) is 0. The van der Waals surface area contributed by atoms with Crippen molar-refractivity contribution in [3.8, 4) is 0 Å². The molecular weight excluding hydrogens is 332 g/mol. The summed E-state index contributed by atoms with van der Waals surface area (Å²) in [4.78, 5) is 28.3. The van der Waals surface area contributed by atoms with Crippen LogP contribution in [0.2, 0.25) is 0 Å². The van der Waals surface area contributed by atoms with Crippen LogP contribution in [-0.2, 0) is 9.68 Å². The van der Waals surface area contributed by atoms with Gasteiger partial charge in [0.15, 0.2) is 0 Å². The molecule has 0 heterocycles. The first-order valence-electron chi connectivity index (χ1n) is 3.25. The molecule has 0 aromatic carbocycles. The Kier molecular flexibility index (Phi) is 6.45. The third kappa shape index (κ3) is 5.17. The van der Waals surface area contributed by atoms with Gasteiger partial charge in [-0.15, -0.1) is 20.2 Å². The van der Waals surface area contributed by atoms with Crippen molar-refractivity contribution in [1.82, 2.24) is 0 Å². The third-order valence-electron chi connectivity index (χ3n) is 1.16. The number of hydrogen-bond acceptors (Lipinski definition) is 6. The topological polar surface area (TPSA) is 105 Å². The summed E-state index contributed by atoms with van der Waals surface area (Å²) in [6.45, 7) is 0. The van der Waals surface area contributed by atoms with E-state index in [4.69, 9.17) is 0 Å². The fourth-order valence-electron chi connectivity index (χ4n) is 0.612. The summed E-state index contributed by atoms with van der Waals surface area (Å²) >= 11 is 5.85. The Morgan fingerprint density at radius 3 is 1.43 bits per heavy atom. The molecule has 0 radical (unpaired) electrons. The van der Waals surface area contributed by atoms with Gasteiger partial charge < -0.3 is 9.68 Å². The van der Waals surface area contributed by atoms with Gasteiger partial charge in [0.2, 0.25) is 0 Å². The first kappa shape index (κ1) is 13.4. The molecule has 8 nitrogen and oxygen atoms in total. The maximum atomic E-state index is 10.00. The molecule has 0 aromatic heterocycles. The normalized spacial score (nSPS) is 14.1. The molecule has 0 saturated carbocycles. The van der Waals surface area contributed by atoms with Crippen LogP contribution in [0.5, 0.6) is 0 Å². The van der Waals surface area contributed by atoms with Gasteiger partial charge >= 0.3 is 0 Å². The highest BCUT2D eigenvalue weighted by molar-refractivity contribution is 9.09. The van der Waals surface area contributed by atoms with E-state index in [9.17, 15) is 20.2 Å². The summed E-state index contributed by atoms with van der Waals surface area (Å²) in [5, 5.41) is 18.1. The molecule has 0 saturated heterocycles. The second kappa shape index (κ2) is 6.76. The van der Waals surface area contributed by atoms with E-state index in [-0.39, 0.29) is 10.7 Å². The average molecular weight is 338 g/mol. The van der Waals surface area contributed by atoms with Crippen LogP contribution in [-0.4, -0.2) is 33.0 Å². The van der Waals surface area contributed by atoms with Gasteiger partial charge in [0, 0.05) is 10.7 Å². The highest BCUT2D eigenvalue weighted by atomic mass is 79.9. The molecular formula is C4H6Br2N2O6. The van der Waals surface area contributed by atoms with Crippen molar-refractivity contribution < 1.29 is 19.8 Å². The van der Waals surface area contributed by atoms with Crippen LogP contribution in [0.1, 0.15) is 0 Å². The SMILES string of the molecule is O=[N+]([O-])OC(CBr)C(CBr)O[N+](=O)[O-]. The van der Waals surface area contributed by atoms with Gasteiger partial charge in [-0.05, 0) is 0 Å². The first-order chi connectivity index (χ1) is 6.51. The van der Waals surface area contributed by atoms with Crippen LogP contribution in [0, 0.1) is 20.2 Å². The lowest BCUT2D eigenvalue weighted by molar-refractivity contribution is -0.796. The van der Waals surface area contributed by atoms with Crippen molar-refractivity contribution in [2.45, 2.75) is 12.2 Å². The molecule has 0 N–H and O–H groups in total. The lowest BCUT2D eigenvalue weighted by Gasteiger charge is -2.19. The van der Waals surface area contributed by atoms with Crippen molar-refractivity contribution >= 4 is 31.9 Å². The van der Waals surface area contributed by atoms with E-state index in [0.29, 0.717) is 0 Å². The molecule has 82 valence electrons. The van der Waals surface area contributed by atoms with Crippen molar-refractivity contribution in [3.05, 3.63) is 20.2 Å². The summed E-state index contributed by atoms with van der Waals surface area (Å²) in [6.07, 6.45) is -2.07. The summed E-state index contributed by atoms with van der Waals surface area (Å²) in [5.41, 5.74) is 0. The molecule has 0 aliphatic carbocycles. The van der Waals surface area contributed by atoms with E-state index < -0.39 is 22.4 Å². The second-order valence-electron chi connectivity index (χ2n) is 2.04. The van der Waals surface area contributed by atoms with Gasteiger partial charge in [-0.1, -0.05) is 31.9 Å². The molecule has 14 heavy (non-hydrogen) atoms. The molecule has 0 fully saturated rings. The number of nitrogens with zero attached hydrogens (tertiary/aromatic N) is 2. The molecule has 0 aromatic rings. The zero-order chi connectivity index (χ0) is 11.1. The summed E-state index contributed by atoms with van der Waals surface area (Å²) < 4.78 is 0. The Balaban J connectivity index is 4.28. The molecule has 0 aliphatic heterocycles. The Hall–Kier alpha value is -0.640. The predicted molar refractivity (Wildman–Crippen MR) is 51.3 cm³/mol. The summed E-state index contributed by atoms with van der Waals surface area (Å²) in [6, 6.07) is 0. The second-order valence-corrected chi connectivity index (χ2v) is 3.34. The number of halogens is 2. The minimum Gasteiger partial charge on any atom is -0.307 e. The van der Waals surface area contributed by atoms with Crippen molar-refractivity contribution in [3.63, 3.8) is 0 Å². The van der Waals surface area contributed by atoms with Gasteiger partial charge in [-0.25, -0.2) is 0 Å². The van der Waals surface area contributed by atoms with Crippen LogP contribution in [0.4, 0.5) is 0 Å². The average Bonchev–Trinajstić information content (AvgIpc) is 2.10. The number of hydrogen-bond donors (Lipinski definition) is 0. The molecule has 2 unspecified atom stereocenters. The van der Waals surface area contributed by atoms with E-state index in [1.54, 1.807) is 0 Å². The molecule has 2 atom stereocenters. The number of rotatable bonds is 7. The Morgan fingerprint density at radius 2 is 1.29 bits per heavy atom. The summed E-state index contributed by atoms with van der Waals surface area (Å²) in [5.74, 6) is 0. The van der Waals surface area contributed by atoms with Crippen molar-refractivity contribution in [1.29, 1.82) is 0 Å². The van der Waals surface area contributed by atoms with Crippen LogP contribution in [0.25, 0.3) is 0 Å². The van der Waals surface area contributed by atoms with E-state index in [1.807, 2.05) is 0 Å². The largest absolute Gasteiger partial charge is 0.307 e. The first-order valence-corrected chi connectivity index (χ1v) is 5.49. The maximum Gasteiger partial charge on any atom is 0.294 e. The maximum absolute atomic E-state index is 10.00. The van der Waals surface area contributed by atoms with Gasteiger partial charge in [0.25, 0.3) is 10.2 Å². The van der Waals surface area contributed by atoms with Crippen LogP contribution in [0.3, 0.4) is 0 Å². The standard InChI is InChI=1S/C4H6Br2N2O6/c5-1-3(13-7(9)10)4(2-6)14-8(11)12/h3-4H,1-2H2. The van der Waals surface area contributed by atoms with E-state index in [2.05, 4.69) is 41.5 Å². The molecule has 0 rings (SSSR count). The van der Waals surface area contributed by atoms with Crippen molar-refractivity contribution in [2.24, 2.45) is 0 Å². The van der Waals surface area contributed by atoms with Crippen LogP contribution in [0.15, 0.2) is 0 Å². The zero-order valence-electron chi connectivity index (χ0n) is 6.67. The quantitative estimate of drug-likeness (QED) is 0.389. The fraction of sp³-hybridized carbons (Fsp3) is 1.00. The monoisotopic (exact) mass is 336 g/mol. The van der Waals surface area contributed by atoms with Crippen LogP contribution < -0.4 is 0 Å². The van der Waals surface area contributed by atoms with E-state index in [0.717, 1.165) is 0 Å². The Labute approximate surface area is 95.0 Å². The highest BCUT2D eigenvalue weighted by Crippen LogP contribution is 2.10. The number of alkyl halides is 2. The van der Waals surface area contributed by atoms with Crippen molar-refractivity contribution in [2.75, 3.05) is 10.7 Å². The third-order valence-corrected chi connectivity index (χ3v) is 2.44. The Morgan fingerprint density at radius 1 is 1.00 bits per heavy atom. The van der Waals surface area contributed by atoms with Gasteiger partial charge in [0.05, 0.1) is 0 Å². The lowest BCUT2D eigenvalue weighted by atomic mass is 10.3. The molecule has 0 aliphatic rings. The smallest absolute Gasteiger partial charge is 0.294 e. The van der Waals surface area contributed by atoms with E-state index in [1.165, 1.54) is 0 Å². The zero-order valence-corrected chi connectivity index (χ0v) is 9.84. The molecule has 10 heteroatoms. The van der Waals surface area contributed by atoms with Gasteiger partial charge in [-0.3, -0.25) is 0 Å². The minimum atomic E-state index is -1.03. The highest BCUT2D eigenvalue weighted by Gasteiger charge is 2.26.